The van der Waals surface area contributed by atoms with Crippen molar-refractivity contribution in [3.63, 3.8) is 0 Å². The number of carbonyl (C=O) groups is 2. The second kappa shape index (κ2) is 10.4. The maximum atomic E-state index is 13.2. The Morgan fingerprint density at radius 2 is 1.77 bits per heavy atom. The molecular weight excluding hydrogens is 446 g/mol. The molecule has 2 aliphatic heterocycles. The molecule has 0 radical (unpaired) electrons. The molecule has 1 aromatic carbocycles. The first-order valence-electron chi connectivity index (χ1n) is 12.8. The molecule has 2 fully saturated rings. The number of rotatable bonds is 5. The highest BCUT2D eigenvalue weighted by Crippen LogP contribution is 2.29. The molecule has 2 amide bonds. The van der Waals surface area contributed by atoms with Crippen molar-refractivity contribution in [2.24, 2.45) is 11.8 Å². The van der Waals surface area contributed by atoms with E-state index < -0.39 is 0 Å². The van der Waals surface area contributed by atoms with Gasteiger partial charge in [-0.15, -0.1) is 5.10 Å². The zero-order chi connectivity index (χ0) is 24.4. The first-order chi connectivity index (χ1) is 17.0. The molecule has 3 aliphatic rings. The molecule has 9 nitrogen and oxygen atoms in total. The lowest BCUT2D eigenvalue weighted by Gasteiger charge is -2.33. The maximum Gasteiger partial charge on any atom is 0.276 e. The lowest BCUT2D eigenvalue weighted by molar-refractivity contribution is -0.127. The second-order valence-electron chi connectivity index (χ2n) is 10.2. The number of nitrogens with one attached hydrogen (secondary N) is 1. The number of benzene rings is 1. The number of piperidine rings is 1. The van der Waals surface area contributed by atoms with Crippen LogP contribution in [-0.4, -0.2) is 57.9 Å². The molecule has 0 unspecified atom stereocenters. The van der Waals surface area contributed by atoms with Crippen molar-refractivity contribution in [3.8, 4) is 5.75 Å². The van der Waals surface area contributed by atoms with E-state index in [1.54, 1.807) is 16.7 Å². The predicted octanol–water partition coefficient (Wildman–Crippen LogP) is 3.11. The Bertz CT molecular complexity index is 1040. The average molecular weight is 482 g/mol. The van der Waals surface area contributed by atoms with Crippen molar-refractivity contribution in [1.29, 1.82) is 0 Å². The lowest BCUT2D eigenvalue weighted by Crippen LogP contribution is -2.46. The number of fused-ring (bicyclic) bond motifs is 1. The standard InChI is InChI=1S/C26H35N5O4/c1-17-3-7-20(8-4-17)27-25(32)19-11-13-30(14-12-19)26(33)24-22-16-35-23(15-31(22)29-28-24)18-5-9-21(34-2)10-6-18/h5-6,9-10,17,19-20,23H,3-4,7-8,11-16H2,1-2H3,(H,27,32)/t17?,20?,23-/m0/s1. The zero-order valence-electron chi connectivity index (χ0n) is 20.6. The van der Waals surface area contributed by atoms with Crippen LogP contribution in [0.25, 0.3) is 0 Å². The van der Waals surface area contributed by atoms with Crippen LogP contribution in [-0.2, 0) is 22.7 Å². The molecule has 1 N–H and O–H groups in total. The van der Waals surface area contributed by atoms with E-state index in [2.05, 4.69) is 22.6 Å². The normalized spacial score (nSPS) is 25.1. The van der Waals surface area contributed by atoms with Gasteiger partial charge in [0, 0.05) is 25.0 Å². The van der Waals surface area contributed by atoms with Gasteiger partial charge >= 0.3 is 0 Å². The van der Waals surface area contributed by atoms with E-state index in [-0.39, 0.29) is 30.4 Å². The molecule has 1 saturated heterocycles. The van der Waals surface area contributed by atoms with Gasteiger partial charge in [-0.3, -0.25) is 9.59 Å². The molecule has 2 aromatic rings. The summed E-state index contributed by atoms with van der Waals surface area (Å²) in [7, 11) is 1.64. The van der Waals surface area contributed by atoms with Crippen molar-refractivity contribution >= 4 is 11.8 Å². The van der Waals surface area contributed by atoms with Crippen LogP contribution in [0.5, 0.6) is 5.75 Å². The quantitative estimate of drug-likeness (QED) is 0.705. The van der Waals surface area contributed by atoms with Gasteiger partial charge < -0.3 is 19.7 Å². The average Bonchev–Trinajstić information content (AvgIpc) is 3.33. The minimum absolute atomic E-state index is 0.0268. The SMILES string of the molecule is COc1ccc([C@@H]2Cn3nnc(C(=O)N4CCC(C(=O)NC5CCC(C)CC5)CC4)c3CO2)cc1. The molecule has 35 heavy (non-hydrogen) atoms. The number of methoxy groups -OCH3 is 1. The molecule has 1 saturated carbocycles. The molecule has 1 atom stereocenters. The fourth-order valence-electron chi connectivity index (χ4n) is 5.42. The number of likely N-dealkylation sites (tertiary alicyclic amines) is 1. The number of carbonyl (C=O) groups excluding carboxylic acids is 2. The Kier molecular flexibility index (Phi) is 7.04. The summed E-state index contributed by atoms with van der Waals surface area (Å²) in [6.45, 7) is 4.18. The summed E-state index contributed by atoms with van der Waals surface area (Å²) in [5.74, 6) is 1.55. The summed E-state index contributed by atoms with van der Waals surface area (Å²) in [5.41, 5.74) is 2.10. The summed E-state index contributed by atoms with van der Waals surface area (Å²) in [4.78, 5) is 27.8. The fraction of sp³-hybridized carbons (Fsp3) is 0.615. The molecule has 1 aromatic heterocycles. The van der Waals surface area contributed by atoms with E-state index >= 15 is 0 Å². The first-order valence-corrected chi connectivity index (χ1v) is 12.8. The highest BCUT2D eigenvalue weighted by Gasteiger charge is 2.33. The minimum Gasteiger partial charge on any atom is -0.497 e. The van der Waals surface area contributed by atoms with Gasteiger partial charge in [0.2, 0.25) is 5.91 Å². The van der Waals surface area contributed by atoms with Crippen LogP contribution >= 0.6 is 0 Å². The second-order valence-corrected chi connectivity index (χ2v) is 10.2. The Balaban J connectivity index is 1.15. The Morgan fingerprint density at radius 1 is 1.06 bits per heavy atom. The van der Waals surface area contributed by atoms with Gasteiger partial charge in [0.05, 0.1) is 26.0 Å². The van der Waals surface area contributed by atoms with E-state index in [0.717, 1.165) is 30.1 Å². The minimum atomic E-state index is -0.153. The summed E-state index contributed by atoms with van der Waals surface area (Å²) in [5, 5.41) is 11.7. The largest absolute Gasteiger partial charge is 0.497 e. The smallest absolute Gasteiger partial charge is 0.276 e. The van der Waals surface area contributed by atoms with Gasteiger partial charge in [0.25, 0.3) is 5.91 Å². The number of ether oxygens (including phenoxy) is 2. The molecule has 9 heteroatoms. The van der Waals surface area contributed by atoms with Gasteiger partial charge in [-0.2, -0.15) is 0 Å². The van der Waals surface area contributed by atoms with Crippen molar-refractivity contribution in [2.75, 3.05) is 20.2 Å². The number of nitrogens with zero attached hydrogens (tertiary/aromatic N) is 4. The van der Waals surface area contributed by atoms with Gasteiger partial charge in [0.15, 0.2) is 5.69 Å². The van der Waals surface area contributed by atoms with E-state index in [4.69, 9.17) is 9.47 Å². The molecule has 3 heterocycles. The number of hydrogen-bond donors (Lipinski definition) is 1. The van der Waals surface area contributed by atoms with Crippen LogP contribution < -0.4 is 10.1 Å². The van der Waals surface area contributed by atoms with Crippen LogP contribution in [0.3, 0.4) is 0 Å². The fourth-order valence-corrected chi connectivity index (χ4v) is 5.42. The topological polar surface area (TPSA) is 98.6 Å². The van der Waals surface area contributed by atoms with Crippen LogP contribution in [0.2, 0.25) is 0 Å². The van der Waals surface area contributed by atoms with E-state index in [1.807, 2.05) is 24.3 Å². The predicted molar refractivity (Wildman–Crippen MR) is 129 cm³/mol. The van der Waals surface area contributed by atoms with Gasteiger partial charge in [-0.05, 0) is 62.1 Å². The van der Waals surface area contributed by atoms with Crippen molar-refractivity contribution in [2.45, 2.75) is 70.7 Å². The highest BCUT2D eigenvalue weighted by molar-refractivity contribution is 5.93. The summed E-state index contributed by atoms with van der Waals surface area (Å²) in [6.07, 6.45) is 5.73. The monoisotopic (exact) mass is 481 g/mol. The lowest BCUT2D eigenvalue weighted by atomic mass is 9.86. The van der Waals surface area contributed by atoms with Crippen LogP contribution in [0, 0.1) is 11.8 Å². The maximum absolute atomic E-state index is 13.2. The van der Waals surface area contributed by atoms with Gasteiger partial charge in [0.1, 0.15) is 11.9 Å². The van der Waals surface area contributed by atoms with E-state index in [9.17, 15) is 9.59 Å². The third kappa shape index (κ3) is 5.19. The van der Waals surface area contributed by atoms with Crippen molar-refractivity contribution in [1.82, 2.24) is 25.2 Å². The molecular formula is C26H35N5O4. The van der Waals surface area contributed by atoms with Crippen LogP contribution in [0.4, 0.5) is 0 Å². The Labute approximate surface area is 206 Å². The van der Waals surface area contributed by atoms with Gasteiger partial charge in [-0.1, -0.05) is 24.3 Å². The molecule has 188 valence electrons. The molecule has 5 rings (SSSR count). The number of hydrogen-bond acceptors (Lipinski definition) is 6. The summed E-state index contributed by atoms with van der Waals surface area (Å²) >= 11 is 0. The molecule has 0 spiro atoms. The molecule has 1 aliphatic carbocycles. The third-order valence-electron chi connectivity index (χ3n) is 7.80. The third-order valence-corrected chi connectivity index (χ3v) is 7.80. The summed E-state index contributed by atoms with van der Waals surface area (Å²) < 4.78 is 13.1. The van der Waals surface area contributed by atoms with Crippen LogP contribution in [0.15, 0.2) is 24.3 Å². The number of aromatic nitrogens is 3. The Morgan fingerprint density at radius 3 is 2.46 bits per heavy atom. The molecule has 0 bridgehead atoms. The van der Waals surface area contributed by atoms with E-state index in [0.29, 0.717) is 49.9 Å². The van der Waals surface area contributed by atoms with Crippen LogP contribution in [0.1, 0.15) is 73.3 Å². The Hall–Kier alpha value is -2.94. The van der Waals surface area contributed by atoms with Crippen molar-refractivity contribution < 1.29 is 19.1 Å². The van der Waals surface area contributed by atoms with Gasteiger partial charge in [-0.25, -0.2) is 4.68 Å². The van der Waals surface area contributed by atoms with Crippen molar-refractivity contribution in [3.05, 3.63) is 41.2 Å². The highest BCUT2D eigenvalue weighted by atomic mass is 16.5. The number of amides is 2. The first kappa shape index (κ1) is 23.8. The van der Waals surface area contributed by atoms with E-state index in [1.165, 1.54) is 12.8 Å². The zero-order valence-corrected chi connectivity index (χ0v) is 20.6. The summed E-state index contributed by atoms with van der Waals surface area (Å²) in [6, 6.07) is 8.08.